The molecule has 196 valence electrons. The number of aryl methyl sites for hydroxylation is 2. The molecule has 0 aromatic heterocycles. The second-order valence-electron chi connectivity index (χ2n) is 10.6. The van der Waals surface area contributed by atoms with Gasteiger partial charge in [-0.1, -0.05) is 42.5 Å². The number of esters is 1. The van der Waals surface area contributed by atoms with E-state index in [-0.39, 0.29) is 31.0 Å². The maximum absolute atomic E-state index is 14.3. The summed E-state index contributed by atoms with van der Waals surface area (Å²) in [5.74, 6) is -2.27. The van der Waals surface area contributed by atoms with Crippen molar-refractivity contribution in [1.82, 2.24) is 4.90 Å². The second-order valence-corrected chi connectivity index (χ2v) is 12.5. The number of carbonyl (C=O) groups excluding carboxylic acids is 3. The standard InChI is InChI=1S/C29H34N2O5S/c1-5-36-27(35)23-22-26(34)31(21(16-32)19-9-7-6-8-10-19)24(29(22)14-13-28(23,4)37-29)25(33)30-20-15-17(2)11-12-18(20)3/h6-12,15,21-24,32H,5,13-14,16H2,1-4H3,(H,30,33)/t21-,22+,23+,24?,28-,29?/m1/s1. The third-order valence-corrected chi connectivity index (χ3v) is 10.3. The molecule has 3 fully saturated rings. The number of rotatable bonds is 7. The molecule has 2 unspecified atom stereocenters. The van der Waals surface area contributed by atoms with Gasteiger partial charge in [-0.2, -0.15) is 0 Å². The number of ether oxygens (including phenoxy) is 1. The average molecular weight is 523 g/mol. The average Bonchev–Trinajstić information content (AvgIpc) is 3.44. The number of hydrogen-bond donors (Lipinski definition) is 2. The van der Waals surface area contributed by atoms with Crippen molar-refractivity contribution in [3.8, 4) is 0 Å². The minimum absolute atomic E-state index is 0.230. The predicted molar refractivity (Wildman–Crippen MR) is 143 cm³/mol. The van der Waals surface area contributed by atoms with E-state index in [9.17, 15) is 19.5 Å². The Hall–Kier alpha value is -2.84. The molecule has 2 N–H and O–H groups in total. The third-order valence-electron chi connectivity index (χ3n) is 8.35. The van der Waals surface area contributed by atoms with Gasteiger partial charge in [0.15, 0.2) is 0 Å². The van der Waals surface area contributed by atoms with Crippen molar-refractivity contribution in [2.45, 2.75) is 62.1 Å². The lowest BCUT2D eigenvalue weighted by Gasteiger charge is -2.37. The molecule has 3 heterocycles. The molecule has 3 saturated heterocycles. The van der Waals surface area contributed by atoms with Crippen LogP contribution in [0, 0.1) is 25.7 Å². The van der Waals surface area contributed by atoms with Crippen molar-refractivity contribution in [2.75, 3.05) is 18.5 Å². The van der Waals surface area contributed by atoms with Gasteiger partial charge in [0.05, 0.1) is 35.8 Å². The summed E-state index contributed by atoms with van der Waals surface area (Å²) in [5, 5.41) is 13.6. The lowest BCUT2D eigenvalue weighted by atomic mass is 9.66. The highest BCUT2D eigenvalue weighted by Crippen LogP contribution is 2.72. The fourth-order valence-electron chi connectivity index (χ4n) is 6.69. The zero-order valence-electron chi connectivity index (χ0n) is 21.7. The van der Waals surface area contributed by atoms with Crippen LogP contribution in [0.4, 0.5) is 5.69 Å². The first-order chi connectivity index (χ1) is 17.7. The molecule has 2 bridgehead atoms. The van der Waals surface area contributed by atoms with Gasteiger partial charge in [0, 0.05) is 10.4 Å². The quantitative estimate of drug-likeness (QED) is 0.534. The minimum Gasteiger partial charge on any atom is -0.466 e. The fourth-order valence-corrected chi connectivity index (χ4v) is 9.02. The Morgan fingerprint density at radius 3 is 2.59 bits per heavy atom. The van der Waals surface area contributed by atoms with Crippen molar-refractivity contribution in [3.05, 3.63) is 65.2 Å². The Bertz CT molecular complexity index is 1240. The molecule has 7 nitrogen and oxygen atoms in total. The van der Waals surface area contributed by atoms with Crippen LogP contribution in [-0.2, 0) is 19.1 Å². The lowest BCUT2D eigenvalue weighted by Crippen LogP contribution is -2.52. The molecular weight excluding hydrogens is 488 g/mol. The minimum atomic E-state index is -0.853. The molecule has 0 saturated carbocycles. The topological polar surface area (TPSA) is 95.9 Å². The molecule has 3 aliphatic rings. The predicted octanol–water partition coefficient (Wildman–Crippen LogP) is 4.02. The maximum Gasteiger partial charge on any atom is 0.311 e. The zero-order chi connectivity index (χ0) is 26.5. The molecule has 8 heteroatoms. The van der Waals surface area contributed by atoms with E-state index in [2.05, 4.69) is 5.32 Å². The number of fused-ring (bicyclic) bond motifs is 1. The number of carbonyl (C=O) groups is 3. The van der Waals surface area contributed by atoms with E-state index in [4.69, 9.17) is 4.74 Å². The van der Waals surface area contributed by atoms with Crippen LogP contribution >= 0.6 is 11.8 Å². The van der Waals surface area contributed by atoms with Gasteiger partial charge in [0.2, 0.25) is 11.8 Å². The number of aliphatic hydroxyl groups excluding tert-OH is 1. The Morgan fingerprint density at radius 1 is 1.19 bits per heavy atom. The molecule has 2 amide bonds. The largest absolute Gasteiger partial charge is 0.466 e. The Morgan fingerprint density at radius 2 is 1.92 bits per heavy atom. The van der Waals surface area contributed by atoms with E-state index in [0.29, 0.717) is 18.5 Å². The summed E-state index contributed by atoms with van der Waals surface area (Å²) in [5.41, 5.74) is 3.38. The van der Waals surface area contributed by atoms with Crippen molar-refractivity contribution >= 4 is 35.2 Å². The number of anilines is 1. The van der Waals surface area contributed by atoms with E-state index in [0.717, 1.165) is 16.7 Å². The van der Waals surface area contributed by atoms with E-state index in [1.807, 2.05) is 69.3 Å². The summed E-state index contributed by atoms with van der Waals surface area (Å²) in [6.07, 6.45) is 1.34. The van der Waals surface area contributed by atoms with Crippen LogP contribution in [0.3, 0.4) is 0 Å². The van der Waals surface area contributed by atoms with Gasteiger partial charge in [-0.25, -0.2) is 0 Å². The number of amides is 2. The fraction of sp³-hybridized carbons (Fsp3) is 0.483. The van der Waals surface area contributed by atoms with Crippen molar-refractivity contribution < 1.29 is 24.2 Å². The molecule has 6 atom stereocenters. The van der Waals surface area contributed by atoms with Gasteiger partial charge < -0.3 is 20.1 Å². The first kappa shape index (κ1) is 25.8. The number of aliphatic hydroxyl groups is 1. The molecule has 5 rings (SSSR count). The first-order valence-electron chi connectivity index (χ1n) is 12.9. The number of likely N-dealkylation sites (tertiary alicyclic amines) is 1. The van der Waals surface area contributed by atoms with E-state index in [1.165, 1.54) is 0 Å². The molecule has 0 aliphatic carbocycles. The van der Waals surface area contributed by atoms with Crippen LogP contribution in [0.1, 0.15) is 49.4 Å². The smallest absolute Gasteiger partial charge is 0.311 e. The monoisotopic (exact) mass is 522 g/mol. The van der Waals surface area contributed by atoms with Crippen LogP contribution in [0.25, 0.3) is 0 Å². The summed E-state index contributed by atoms with van der Waals surface area (Å²) in [6.45, 7) is 7.57. The number of hydrogen-bond acceptors (Lipinski definition) is 6. The van der Waals surface area contributed by atoms with Crippen molar-refractivity contribution in [2.24, 2.45) is 11.8 Å². The molecule has 2 aromatic carbocycles. The maximum atomic E-state index is 14.3. The summed E-state index contributed by atoms with van der Waals surface area (Å²) in [4.78, 5) is 43.3. The molecule has 3 aliphatic heterocycles. The first-order valence-corrected chi connectivity index (χ1v) is 13.7. The van der Waals surface area contributed by atoms with Crippen LogP contribution in [-0.4, -0.2) is 56.5 Å². The molecule has 0 radical (unpaired) electrons. The molecule has 37 heavy (non-hydrogen) atoms. The Labute approximate surface area is 222 Å². The van der Waals surface area contributed by atoms with E-state index >= 15 is 0 Å². The number of thioether (sulfide) groups is 1. The summed E-state index contributed by atoms with van der Waals surface area (Å²) in [7, 11) is 0. The highest BCUT2D eigenvalue weighted by atomic mass is 32.2. The van der Waals surface area contributed by atoms with Gasteiger partial charge in [-0.3, -0.25) is 14.4 Å². The summed E-state index contributed by atoms with van der Waals surface area (Å²) < 4.78 is 4.18. The summed E-state index contributed by atoms with van der Waals surface area (Å²) in [6, 6.07) is 13.6. The van der Waals surface area contributed by atoms with E-state index < -0.39 is 33.4 Å². The van der Waals surface area contributed by atoms with Crippen molar-refractivity contribution in [3.63, 3.8) is 0 Å². The summed E-state index contributed by atoms with van der Waals surface area (Å²) >= 11 is 1.59. The Kier molecular flexibility index (Phi) is 6.61. The highest BCUT2D eigenvalue weighted by Gasteiger charge is 2.78. The molecule has 2 aromatic rings. The number of benzene rings is 2. The van der Waals surface area contributed by atoms with Crippen LogP contribution in [0.15, 0.2) is 48.5 Å². The van der Waals surface area contributed by atoms with Crippen LogP contribution in [0.2, 0.25) is 0 Å². The zero-order valence-corrected chi connectivity index (χ0v) is 22.5. The van der Waals surface area contributed by atoms with Crippen LogP contribution < -0.4 is 5.32 Å². The number of nitrogens with zero attached hydrogens (tertiary/aromatic N) is 1. The third kappa shape index (κ3) is 3.96. The van der Waals surface area contributed by atoms with Gasteiger partial charge in [0.25, 0.3) is 0 Å². The van der Waals surface area contributed by atoms with Gasteiger partial charge in [0.1, 0.15) is 6.04 Å². The second kappa shape index (κ2) is 9.48. The number of nitrogens with one attached hydrogen (secondary N) is 1. The molecular formula is C29H34N2O5S. The van der Waals surface area contributed by atoms with Gasteiger partial charge >= 0.3 is 5.97 Å². The highest BCUT2D eigenvalue weighted by molar-refractivity contribution is 8.02. The molecule has 1 spiro atoms. The van der Waals surface area contributed by atoms with Gasteiger partial charge in [-0.05, 0) is 63.3 Å². The SMILES string of the molecule is CCOC(=O)[C@@H]1[C@H]2C(=O)N([C@H](CO)c3ccccc3)C(C(=O)Nc3cc(C)ccc3C)C23CC[C@@]1(C)S3. The normalized spacial score (nSPS) is 30.8. The van der Waals surface area contributed by atoms with Crippen molar-refractivity contribution in [1.29, 1.82) is 0 Å². The lowest BCUT2D eigenvalue weighted by molar-refractivity contribution is -0.155. The van der Waals surface area contributed by atoms with Crippen LogP contribution in [0.5, 0.6) is 0 Å². The Balaban J connectivity index is 1.62. The van der Waals surface area contributed by atoms with E-state index in [1.54, 1.807) is 23.6 Å². The van der Waals surface area contributed by atoms with Gasteiger partial charge in [-0.15, -0.1) is 11.8 Å².